The number of nitrogens with zero attached hydrogens (tertiary/aromatic N) is 2. The normalized spacial score (nSPS) is 15.2. The highest BCUT2D eigenvalue weighted by atomic mass is 35.5. The summed E-state index contributed by atoms with van der Waals surface area (Å²) in [6.45, 7) is 2.68. The molecule has 1 aliphatic heterocycles. The molecule has 0 saturated carbocycles. The van der Waals surface area contributed by atoms with Gasteiger partial charge >= 0.3 is 0 Å². The summed E-state index contributed by atoms with van der Waals surface area (Å²) in [7, 11) is -2.09. The van der Waals surface area contributed by atoms with Gasteiger partial charge in [0, 0.05) is 32.3 Å². The first kappa shape index (κ1) is 20.4. The first-order valence-electron chi connectivity index (χ1n) is 8.91. The number of amides is 1. The Bertz CT molecular complexity index is 966. The van der Waals surface area contributed by atoms with E-state index in [2.05, 4.69) is 9.62 Å². The zero-order valence-electron chi connectivity index (χ0n) is 15.5. The molecule has 0 spiro atoms. The average Bonchev–Trinajstić information content (AvgIpc) is 2.73. The Labute approximate surface area is 170 Å². The van der Waals surface area contributed by atoms with Gasteiger partial charge in [-0.15, -0.1) is 0 Å². The molecule has 28 heavy (non-hydrogen) atoms. The van der Waals surface area contributed by atoms with Crippen LogP contribution < -0.4 is 9.62 Å². The SMILES string of the molecule is CNS(=O)(=O)c1ccc(/C=C/C(=O)N2CCN(c3ccccc3Cl)CC2)cc1. The third-order valence-corrected chi connectivity index (χ3v) is 6.41. The van der Waals surface area contributed by atoms with Gasteiger partial charge in [-0.05, 0) is 43.0 Å². The monoisotopic (exact) mass is 419 g/mol. The minimum atomic E-state index is -3.46. The maximum absolute atomic E-state index is 12.4. The van der Waals surface area contributed by atoms with E-state index in [-0.39, 0.29) is 10.8 Å². The maximum Gasteiger partial charge on any atom is 0.246 e. The van der Waals surface area contributed by atoms with Crippen molar-refractivity contribution >= 4 is 39.3 Å². The summed E-state index contributed by atoms with van der Waals surface area (Å²) >= 11 is 6.25. The lowest BCUT2D eigenvalue weighted by molar-refractivity contribution is -0.126. The second kappa shape index (κ2) is 8.77. The lowest BCUT2D eigenvalue weighted by Crippen LogP contribution is -2.48. The van der Waals surface area contributed by atoms with Crippen LogP contribution in [0.4, 0.5) is 5.69 Å². The number of benzene rings is 2. The Morgan fingerprint density at radius 1 is 1.04 bits per heavy atom. The Morgan fingerprint density at radius 3 is 2.29 bits per heavy atom. The topological polar surface area (TPSA) is 69.7 Å². The predicted molar refractivity (Wildman–Crippen MR) is 112 cm³/mol. The molecular formula is C20H22ClN3O3S. The van der Waals surface area contributed by atoms with Crippen molar-refractivity contribution in [1.82, 2.24) is 9.62 Å². The van der Waals surface area contributed by atoms with Crippen LogP contribution in [0.25, 0.3) is 6.08 Å². The summed E-state index contributed by atoms with van der Waals surface area (Å²) in [5, 5.41) is 0.714. The Balaban J connectivity index is 1.58. The van der Waals surface area contributed by atoms with Crippen LogP contribution in [-0.4, -0.2) is 52.5 Å². The van der Waals surface area contributed by atoms with E-state index in [0.717, 1.165) is 24.3 Å². The molecule has 1 N–H and O–H groups in total. The molecule has 0 unspecified atom stereocenters. The van der Waals surface area contributed by atoms with E-state index >= 15 is 0 Å². The molecule has 0 radical (unpaired) electrons. The third kappa shape index (κ3) is 4.73. The molecule has 148 valence electrons. The smallest absolute Gasteiger partial charge is 0.246 e. The van der Waals surface area contributed by atoms with Crippen molar-refractivity contribution in [1.29, 1.82) is 0 Å². The fourth-order valence-electron chi connectivity index (χ4n) is 3.02. The Morgan fingerprint density at radius 2 is 1.68 bits per heavy atom. The zero-order valence-corrected chi connectivity index (χ0v) is 17.1. The number of sulfonamides is 1. The van der Waals surface area contributed by atoms with Crippen molar-refractivity contribution in [3.63, 3.8) is 0 Å². The number of halogens is 1. The molecule has 0 bridgehead atoms. The number of piperazine rings is 1. The molecule has 6 nitrogen and oxygen atoms in total. The molecule has 1 aliphatic rings. The van der Waals surface area contributed by atoms with Crippen molar-refractivity contribution < 1.29 is 13.2 Å². The van der Waals surface area contributed by atoms with Crippen LogP contribution in [0.3, 0.4) is 0 Å². The van der Waals surface area contributed by atoms with Gasteiger partial charge in [0.2, 0.25) is 15.9 Å². The van der Waals surface area contributed by atoms with Crippen LogP contribution in [0.5, 0.6) is 0 Å². The van der Waals surface area contributed by atoms with Crippen LogP contribution >= 0.6 is 11.6 Å². The number of rotatable bonds is 5. The number of carbonyl (C=O) groups is 1. The lowest BCUT2D eigenvalue weighted by Gasteiger charge is -2.36. The van der Waals surface area contributed by atoms with Crippen LogP contribution in [0.1, 0.15) is 5.56 Å². The number of hydrogen-bond acceptors (Lipinski definition) is 4. The molecule has 2 aromatic rings. The number of hydrogen-bond donors (Lipinski definition) is 1. The molecule has 2 aromatic carbocycles. The minimum absolute atomic E-state index is 0.0641. The molecular weight excluding hydrogens is 398 g/mol. The van der Waals surface area contributed by atoms with E-state index in [1.807, 2.05) is 24.3 Å². The Hall–Kier alpha value is -2.35. The van der Waals surface area contributed by atoms with E-state index in [1.54, 1.807) is 23.1 Å². The number of anilines is 1. The van der Waals surface area contributed by atoms with E-state index in [0.29, 0.717) is 18.1 Å². The second-order valence-corrected chi connectivity index (χ2v) is 8.67. The highest BCUT2D eigenvalue weighted by Crippen LogP contribution is 2.26. The first-order valence-corrected chi connectivity index (χ1v) is 10.8. The van der Waals surface area contributed by atoms with E-state index in [4.69, 9.17) is 11.6 Å². The van der Waals surface area contributed by atoms with Gasteiger partial charge in [-0.1, -0.05) is 35.9 Å². The standard InChI is InChI=1S/C20H22ClN3O3S/c1-22-28(26,27)17-9-6-16(7-10-17)8-11-20(25)24-14-12-23(13-15-24)19-5-3-2-4-18(19)21/h2-11,22H,12-15H2,1H3/b11-8+. The van der Waals surface area contributed by atoms with Gasteiger partial charge in [0.15, 0.2) is 0 Å². The number of carbonyl (C=O) groups excluding carboxylic acids is 1. The predicted octanol–water partition coefficient (Wildman–Crippen LogP) is 2.61. The summed E-state index contributed by atoms with van der Waals surface area (Å²) in [6, 6.07) is 14.1. The molecule has 0 atom stereocenters. The molecule has 1 fully saturated rings. The molecule has 3 rings (SSSR count). The largest absolute Gasteiger partial charge is 0.367 e. The summed E-state index contributed by atoms with van der Waals surface area (Å²) in [6.07, 6.45) is 3.21. The molecule has 1 saturated heterocycles. The highest BCUT2D eigenvalue weighted by molar-refractivity contribution is 7.89. The third-order valence-electron chi connectivity index (χ3n) is 4.66. The van der Waals surface area contributed by atoms with Crippen LogP contribution in [-0.2, 0) is 14.8 Å². The van der Waals surface area contributed by atoms with Gasteiger partial charge in [-0.25, -0.2) is 13.1 Å². The summed E-state index contributed by atoms with van der Waals surface area (Å²) < 4.78 is 25.7. The zero-order chi connectivity index (χ0) is 20.1. The molecule has 8 heteroatoms. The average molecular weight is 420 g/mol. The maximum atomic E-state index is 12.4. The second-order valence-electron chi connectivity index (χ2n) is 6.37. The first-order chi connectivity index (χ1) is 13.4. The summed E-state index contributed by atoms with van der Waals surface area (Å²) in [4.78, 5) is 16.6. The highest BCUT2D eigenvalue weighted by Gasteiger charge is 2.21. The minimum Gasteiger partial charge on any atom is -0.367 e. The quantitative estimate of drug-likeness (QED) is 0.756. The number of para-hydroxylation sites is 1. The van der Waals surface area contributed by atoms with E-state index < -0.39 is 10.0 Å². The Kier molecular flexibility index (Phi) is 6.39. The number of nitrogens with one attached hydrogen (secondary N) is 1. The van der Waals surface area contributed by atoms with Crippen molar-refractivity contribution in [3.05, 3.63) is 65.2 Å². The molecule has 0 aliphatic carbocycles. The van der Waals surface area contributed by atoms with Gasteiger partial charge in [0.05, 0.1) is 15.6 Å². The van der Waals surface area contributed by atoms with Gasteiger partial charge in [0.1, 0.15) is 0 Å². The molecule has 1 heterocycles. The summed E-state index contributed by atoms with van der Waals surface area (Å²) in [5.41, 5.74) is 1.75. The van der Waals surface area contributed by atoms with Crippen molar-refractivity contribution in [2.75, 3.05) is 38.1 Å². The van der Waals surface area contributed by atoms with Crippen LogP contribution in [0, 0.1) is 0 Å². The fourth-order valence-corrected chi connectivity index (χ4v) is 4.01. The summed E-state index contributed by atoms with van der Waals surface area (Å²) in [5.74, 6) is -0.0641. The van der Waals surface area contributed by atoms with Crippen molar-refractivity contribution in [2.24, 2.45) is 0 Å². The van der Waals surface area contributed by atoms with Gasteiger partial charge in [-0.3, -0.25) is 4.79 Å². The van der Waals surface area contributed by atoms with Crippen LogP contribution in [0.15, 0.2) is 59.5 Å². The molecule has 0 aromatic heterocycles. The lowest BCUT2D eigenvalue weighted by atomic mass is 10.2. The van der Waals surface area contributed by atoms with Crippen molar-refractivity contribution in [3.8, 4) is 0 Å². The van der Waals surface area contributed by atoms with E-state index in [1.165, 1.54) is 25.3 Å². The van der Waals surface area contributed by atoms with Crippen LogP contribution in [0.2, 0.25) is 5.02 Å². The van der Waals surface area contributed by atoms with Gasteiger partial charge in [-0.2, -0.15) is 0 Å². The van der Waals surface area contributed by atoms with Crippen molar-refractivity contribution in [2.45, 2.75) is 4.90 Å². The fraction of sp³-hybridized carbons (Fsp3) is 0.250. The molecule has 1 amide bonds. The van der Waals surface area contributed by atoms with E-state index in [9.17, 15) is 13.2 Å². The van der Waals surface area contributed by atoms with Gasteiger partial charge in [0.25, 0.3) is 0 Å². The van der Waals surface area contributed by atoms with Gasteiger partial charge < -0.3 is 9.80 Å².